The van der Waals surface area contributed by atoms with Gasteiger partial charge in [0, 0.05) is 12.2 Å². The molecule has 0 aliphatic carbocycles. The lowest BCUT2D eigenvalue weighted by atomic mass is 10.1. The van der Waals surface area contributed by atoms with Crippen molar-refractivity contribution in [2.24, 2.45) is 0 Å². The van der Waals surface area contributed by atoms with Gasteiger partial charge < -0.3 is 5.32 Å². The molecule has 0 aliphatic rings. The zero-order chi connectivity index (χ0) is 15.6. The van der Waals surface area contributed by atoms with Crippen LogP contribution in [0.3, 0.4) is 0 Å². The van der Waals surface area contributed by atoms with Gasteiger partial charge in [0.2, 0.25) is 0 Å². The number of carbonyl (C=O) groups is 1. The first-order valence-electron chi connectivity index (χ1n) is 6.34. The van der Waals surface area contributed by atoms with Gasteiger partial charge in [-0.15, -0.1) is 0 Å². The SMILES string of the molecule is CCn1ncc(C(=O)Nc2ccccc2C(F)(F)F)c1C. The maximum Gasteiger partial charge on any atom is 0.418 e. The smallest absolute Gasteiger partial charge is 0.321 e. The van der Waals surface area contributed by atoms with Crippen molar-refractivity contribution in [1.82, 2.24) is 9.78 Å². The third kappa shape index (κ3) is 3.07. The first-order valence-corrected chi connectivity index (χ1v) is 6.34. The number of aromatic nitrogens is 2. The molecule has 0 bridgehead atoms. The van der Waals surface area contributed by atoms with Gasteiger partial charge in [-0.25, -0.2) is 0 Å². The number of hydrogen-bond donors (Lipinski definition) is 1. The van der Waals surface area contributed by atoms with Crippen LogP contribution in [0, 0.1) is 6.92 Å². The third-order valence-electron chi connectivity index (χ3n) is 3.13. The Bertz CT molecular complexity index is 662. The van der Waals surface area contributed by atoms with Crippen molar-refractivity contribution in [3.63, 3.8) is 0 Å². The van der Waals surface area contributed by atoms with E-state index in [0.717, 1.165) is 6.07 Å². The lowest BCUT2D eigenvalue weighted by Crippen LogP contribution is -2.17. The Morgan fingerprint density at radius 3 is 2.57 bits per heavy atom. The lowest BCUT2D eigenvalue weighted by Gasteiger charge is -2.13. The minimum Gasteiger partial charge on any atom is -0.321 e. The van der Waals surface area contributed by atoms with E-state index < -0.39 is 17.6 Å². The molecule has 1 aromatic heterocycles. The number of aryl methyl sites for hydroxylation is 1. The Kier molecular flexibility index (Phi) is 4.02. The third-order valence-corrected chi connectivity index (χ3v) is 3.13. The largest absolute Gasteiger partial charge is 0.418 e. The van der Waals surface area contributed by atoms with Crippen LogP contribution >= 0.6 is 0 Å². The molecule has 2 rings (SSSR count). The van der Waals surface area contributed by atoms with Crippen LogP contribution in [0.15, 0.2) is 30.5 Å². The van der Waals surface area contributed by atoms with Gasteiger partial charge in [-0.3, -0.25) is 9.48 Å². The molecule has 1 aromatic carbocycles. The normalized spacial score (nSPS) is 11.5. The molecule has 1 heterocycles. The zero-order valence-corrected chi connectivity index (χ0v) is 11.5. The van der Waals surface area contributed by atoms with Gasteiger partial charge in [-0.05, 0) is 26.0 Å². The van der Waals surface area contributed by atoms with E-state index in [2.05, 4.69) is 10.4 Å². The lowest BCUT2D eigenvalue weighted by molar-refractivity contribution is -0.136. The van der Waals surface area contributed by atoms with Gasteiger partial charge in [0.15, 0.2) is 0 Å². The first kappa shape index (κ1) is 15.1. The Balaban J connectivity index is 2.30. The van der Waals surface area contributed by atoms with Crippen molar-refractivity contribution < 1.29 is 18.0 Å². The number of carbonyl (C=O) groups excluding carboxylic acids is 1. The highest BCUT2D eigenvalue weighted by Crippen LogP contribution is 2.34. The number of halogens is 3. The minimum atomic E-state index is -4.52. The van der Waals surface area contributed by atoms with E-state index >= 15 is 0 Å². The number of amides is 1. The fourth-order valence-electron chi connectivity index (χ4n) is 2.02. The van der Waals surface area contributed by atoms with Crippen LogP contribution in [0.2, 0.25) is 0 Å². The number of nitrogens with one attached hydrogen (secondary N) is 1. The number of para-hydroxylation sites is 1. The molecule has 4 nitrogen and oxygen atoms in total. The summed E-state index contributed by atoms with van der Waals surface area (Å²) in [5.74, 6) is -0.608. The number of alkyl halides is 3. The molecule has 0 radical (unpaired) electrons. The summed E-state index contributed by atoms with van der Waals surface area (Å²) in [5.41, 5.74) is -0.272. The monoisotopic (exact) mass is 297 g/mol. The first-order chi connectivity index (χ1) is 9.84. The Labute approximate surface area is 119 Å². The molecular formula is C14H14F3N3O. The molecule has 0 atom stereocenters. The van der Waals surface area contributed by atoms with Crippen molar-refractivity contribution in [2.75, 3.05) is 5.32 Å². The summed E-state index contributed by atoms with van der Waals surface area (Å²) >= 11 is 0. The number of benzene rings is 1. The van der Waals surface area contributed by atoms with E-state index in [0.29, 0.717) is 12.2 Å². The van der Waals surface area contributed by atoms with Gasteiger partial charge in [-0.1, -0.05) is 12.1 Å². The quantitative estimate of drug-likeness (QED) is 0.942. The topological polar surface area (TPSA) is 46.9 Å². The number of rotatable bonds is 3. The number of anilines is 1. The second kappa shape index (κ2) is 5.59. The number of nitrogens with zero attached hydrogens (tertiary/aromatic N) is 2. The summed E-state index contributed by atoms with van der Waals surface area (Å²) in [6, 6.07) is 4.87. The molecule has 0 fully saturated rings. The molecular weight excluding hydrogens is 283 g/mol. The predicted octanol–water partition coefficient (Wildman–Crippen LogP) is 3.48. The van der Waals surface area contributed by atoms with E-state index in [1.807, 2.05) is 6.92 Å². The summed E-state index contributed by atoms with van der Waals surface area (Å²) in [6.07, 6.45) is -3.17. The van der Waals surface area contributed by atoms with Crippen LogP contribution < -0.4 is 5.32 Å². The van der Waals surface area contributed by atoms with Crippen LogP contribution in [-0.2, 0) is 12.7 Å². The highest BCUT2D eigenvalue weighted by atomic mass is 19.4. The maximum atomic E-state index is 12.9. The van der Waals surface area contributed by atoms with E-state index in [1.165, 1.54) is 24.4 Å². The predicted molar refractivity (Wildman–Crippen MR) is 72.0 cm³/mol. The van der Waals surface area contributed by atoms with Crippen molar-refractivity contribution in [2.45, 2.75) is 26.6 Å². The van der Waals surface area contributed by atoms with E-state index in [1.54, 1.807) is 11.6 Å². The van der Waals surface area contributed by atoms with E-state index in [4.69, 9.17) is 0 Å². The Morgan fingerprint density at radius 2 is 2.00 bits per heavy atom. The fraction of sp³-hybridized carbons (Fsp3) is 0.286. The molecule has 1 amide bonds. The molecule has 0 saturated heterocycles. The molecule has 0 saturated carbocycles. The summed E-state index contributed by atoms with van der Waals surface area (Å²) in [7, 11) is 0. The van der Waals surface area contributed by atoms with E-state index in [9.17, 15) is 18.0 Å². The van der Waals surface area contributed by atoms with Crippen molar-refractivity contribution in [1.29, 1.82) is 0 Å². The van der Waals surface area contributed by atoms with E-state index in [-0.39, 0.29) is 11.3 Å². The molecule has 2 aromatic rings. The molecule has 7 heteroatoms. The average Bonchev–Trinajstić information content (AvgIpc) is 2.79. The maximum absolute atomic E-state index is 12.9. The fourth-order valence-corrected chi connectivity index (χ4v) is 2.02. The highest BCUT2D eigenvalue weighted by Gasteiger charge is 2.33. The van der Waals surface area contributed by atoms with Crippen LogP contribution in [0.5, 0.6) is 0 Å². The zero-order valence-electron chi connectivity index (χ0n) is 11.5. The summed E-state index contributed by atoms with van der Waals surface area (Å²) in [5, 5.41) is 6.30. The highest BCUT2D eigenvalue weighted by molar-refractivity contribution is 6.05. The minimum absolute atomic E-state index is 0.258. The Hall–Kier alpha value is -2.31. The van der Waals surface area contributed by atoms with Crippen LogP contribution in [0.4, 0.5) is 18.9 Å². The van der Waals surface area contributed by atoms with Gasteiger partial charge in [-0.2, -0.15) is 18.3 Å². The van der Waals surface area contributed by atoms with Gasteiger partial charge in [0.1, 0.15) is 0 Å². The summed E-state index contributed by atoms with van der Waals surface area (Å²) in [4.78, 5) is 12.1. The second-order valence-corrected chi connectivity index (χ2v) is 4.46. The second-order valence-electron chi connectivity index (χ2n) is 4.46. The standard InChI is InChI=1S/C14H14F3N3O/c1-3-20-9(2)10(8-18-20)13(21)19-12-7-5-4-6-11(12)14(15,16)17/h4-8H,3H2,1-2H3,(H,19,21). The molecule has 21 heavy (non-hydrogen) atoms. The van der Waals surface area contributed by atoms with Gasteiger partial charge >= 0.3 is 6.18 Å². The summed E-state index contributed by atoms with van der Waals surface area (Å²) in [6.45, 7) is 4.14. The average molecular weight is 297 g/mol. The molecule has 1 N–H and O–H groups in total. The molecule has 112 valence electrons. The summed E-state index contributed by atoms with van der Waals surface area (Å²) < 4.78 is 40.2. The van der Waals surface area contributed by atoms with Gasteiger partial charge in [0.05, 0.1) is 23.0 Å². The van der Waals surface area contributed by atoms with Gasteiger partial charge in [0.25, 0.3) is 5.91 Å². The van der Waals surface area contributed by atoms with Crippen LogP contribution in [0.25, 0.3) is 0 Å². The van der Waals surface area contributed by atoms with Crippen LogP contribution in [0.1, 0.15) is 28.5 Å². The molecule has 0 aliphatic heterocycles. The Morgan fingerprint density at radius 1 is 1.33 bits per heavy atom. The molecule has 0 spiro atoms. The number of hydrogen-bond acceptors (Lipinski definition) is 2. The van der Waals surface area contributed by atoms with Crippen molar-refractivity contribution >= 4 is 11.6 Å². The van der Waals surface area contributed by atoms with Crippen molar-refractivity contribution in [3.8, 4) is 0 Å². The van der Waals surface area contributed by atoms with Crippen molar-refractivity contribution in [3.05, 3.63) is 47.3 Å². The molecule has 0 unspecified atom stereocenters. The van der Waals surface area contributed by atoms with Crippen LogP contribution in [-0.4, -0.2) is 15.7 Å².